The topological polar surface area (TPSA) is 72.4 Å². The van der Waals surface area contributed by atoms with Crippen LogP contribution in [-0.2, 0) is 0 Å². The standard InChI is InChI=1S/C12H16ClN3O/c13-11-7-9(1-2-10(11)12(15)17)16-5-3-8(14)4-6-16/h1-2,7-8H,3-6,14H2,(H2,15,17). The van der Waals surface area contributed by atoms with E-state index in [4.69, 9.17) is 23.1 Å². The highest BCUT2D eigenvalue weighted by Gasteiger charge is 2.17. The molecule has 92 valence electrons. The first kappa shape index (κ1) is 12.2. The Balaban J connectivity index is 2.17. The second-order valence-electron chi connectivity index (χ2n) is 4.35. The zero-order valence-corrected chi connectivity index (χ0v) is 10.3. The largest absolute Gasteiger partial charge is 0.371 e. The molecule has 1 heterocycles. The van der Waals surface area contributed by atoms with E-state index < -0.39 is 5.91 Å². The van der Waals surface area contributed by atoms with Gasteiger partial charge >= 0.3 is 0 Å². The van der Waals surface area contributed by atoms with Gasteiger partial charge in [-0.2, -0.15) is 0 Å². The normalized spacial score (nSPS) is 17.2. The second kappa shape index (κ2) is 4.94. The van der Waals surface area contributed by atoms with Gasteiger partial charge in [0.25, 0.3) is 0 Å². The summed E-state index contributed by atoms with van der Waals surface area (Å²) >= 11 is 6.02. The van der Waals surface area contributed by atoms with Crippen LogP contribution in [0.25, 0.3) is 0 Å². The molecule has 1 aliphatic heterocycles. The van der Waals surface area contributed by atoms with E-state index in [0.717, 1.165) is 31.6 Å². The van der Waals surface area contributed by atoms with Crippen LogP contribution in [0.5, 0.6) is 0 Å². The summed E-state index contributed by atoms with van der Waals surface area (Å²) < 4.78 is 0. The number of anilines is 1. The first-order valence-corrected chi connectivity index (χ1v) is 6.05. The SMILES string of the molecule is NC(=O)c1ccc(N2CCC(N)CC2)cc1Cl. The average Bonchev–Trinajstić information content (AvgIpc) is 2.29. The quantitative estimate of drug-likeness (QED) is 0.836. The molecule has 0 spiro atoms. The van der Waals surface area contributed by atoms with Gasteiger partial charge in [-0.1, -0.05) is 11.6 Å². The van der Waals surface area contributed by atoms with Gasteiger partial charge in [0.2, 0.25) is 5.91 Å². The summed E-state index contributed by atoms with van der Waals surface area (Å²) in [6, 6.07) is 5.64. The Morgan fingerprint density at radius 2 is 2.00 bits per heavy atom. The Morgan fingerprint density at radius 1 is 1.35 bits per heavy atom. The van der Waals surface area contributed by atoms with Gasteiger partial charge in [-0.25, -0.2) is 0 Å². The number of carbonyl (C=O) groups excluding carboxylic acids is 1. The zero-order valence-electron chi connectivity index (χ0n) is 9.53. The number of primary amides is 1. The van der Waals surface area contributed by atoms with Gasteiger partial charge in [0.15, 0.2) is 0 Å². The molecule has 2 rings (SSSR count). The number of halogens is 1. The summed E-state index contributed by atoms with van der Waals surface area (Å²) in [4.78, 5) is 13.3. The number of nitrogens with zero attached hydrogens (tertiary/aromatic N) is 1. The van der Waals surface area contributed by atoms with E-state index in [9.17, 15) is 4.79 Å². The third kappa shape index (κ3) is 2.70. The minimum atomic E-state index is -0.498. The van der Waals surface area contributed by atoms with Crippen LogP contribution >= 0.6 is 11.6 Å². The maximum Gasteiger partial charge on any atom is 0.250 e. The van der Waals surface area contributed by atoms with E-state index in [1.165, 1.54) is 0 Å². The Hall–Kier alpha value is -1.26. The molecule has 1 aliphatic rings. The van der Waals surface area contributed by atoms with Crippen molar-refractivity contribution in [3.8, 4) is 0 Å². The molecule has 17 heavy (non-hydrogen) atoms. The third-order valence-electron chi connectivity index (χ3n) is 3.12. The molecular formula is C12H16ClN3O. The van der Waals surface area contributed by atoms with Crippen molar-refractivity contribution in [2.75, 3.05) is 18.0 Å². The molecule has 1 aromatic carbocycles. The molecule has 0 radical (unpaired) electrons. The third-order valence-corrected chi connectivity index (χ3v) is 3.44. The maximum absolute atomic E-state index is 11.1. The van der Waals surface area contributed by atoms with Crippen molar-refractivity contribution in [1.29, 1.82) is 0 Å². The molecule has 4 N–H and O–H groups in total. The Morgan fingerprint density at radius 3 is 2.53 bits per heavy atom. The van der Waals surface area contributed by atoms with Crippen LogP contribution in [0.15, 0.2) is 18.2 Å². The fraction of sp³-hybridized carbons (Fsp3) is 0.417. The number of piperidine rings is 1. The fourth-order valence-electron chi connectivity index (χ4n) is 2.06. The summed E-state index contributed by atoms with van der Waals surface area (Å²) in [7, 11) is 0. The predicted molar refractivity (Wildman–Crippen MR) is 69.4 cm³/mol. The summed E-state index contributed by atoms with van der Waals surface area (Å²) in [5, 5.41) is 0.407. The molecule has 0 saturated carbocycles. The maximum atomic E-state index is 11.1. The van der Waals surface area contributed by atoms with Crippen LogP contribution in [0.2, 0.25) is 5.02 Å². The lowest BCUT2D eigenvalue weighted by molar-refractivity contribution is 0.100. The van der Waals surface area contributed by atoms with E-state index in [-0.39, 0.29) is 0 Å². The van der Waals surface area contributed by atoms with Crippen LogP contribution in [-0.4, -0.2) is 25.0 Å². The van der Waals surface area contributed by atoms with Crippen molar-refractivity contribution in [2.45, 2.75) is 18.9 Å². The first-order chi connectivity index (χ1) is 8.08. The molecule has 5 heteroatoms. The number of carbonyl (C=O) groups is 1. The van der Waals surface area contributed by atoms with Crippen molar-refractivity contribution in [1.82, 2.24) is 0 Å². The second-order valence-corrected chi connectivity index (χ2v) is 4.76. The molecule has 1 fully saturated rings. The first-order valence-electron chi connectivity index (χ1n) is 5.68. The molecule has 0 aliphatic carbocycles. The molecule has 4 nitrogen and oxygen atoms in total. The molecule has 0 aromatic heterocycles. The average molecular weight is 254 g/mol. The van der Waals surface area contributed by atoms with Gasteiger partial charge < -0.3 is 16.4 Å². The summed E-state index contributed by atoms with van der Waals surface area (Å²) in [6.07, 6.45) is 1.96. The molecular weight excluding hydrogens is 238 g/mol. The monoisotopic (exact) mass is 253 g/mol. The van der Waals surface area contributed by atoms with Crippen molar-refractivity contribution in [3.05, 3.63) is 28.8 Å². The Kier molecular flexibility index (Phi) is 3.54. The lowest BCUT2D eigenvalue weighted by Crippen LogP contribution is -2.39. The van der Waals surface area contributed by atoms with Gasteiger partial charge in [-0.15, -0.1) is 0 Å². The molecule has 0 bridgehead atoms. The van der Waals surface area contributed by atoms with Gasteiger partial charge in [-0.3, -0.25) is 4.79 Å². The fourth-order valence-corrected chi connectivity index (χ4v) is 2.33. The highest BCUT2D eigenvalue weighted by Crippen LogP contribution is 2.25. The summed E-state index contributed by atoms with van der Waals surface area (Å²) in [5.41, 5.74) is 12.4. The molecule has 1 saturated heterocycles. The number of nitrogens with two attached hydrogens (primary N) is 2. The smallest absolute Gasteiger partial charge is 0.250 e. The van der Waals surface area contributed by atoms with Gasteiger partial charge in [0.05, 0.1) is 10.6 Å². The number of benzene rings is 1. The summed E-state index contributed by atoms with van der Waals surface area (Å²) in [6.45, 7) is 1.85. The summed E-state index contributed by atoms with van der Waals surface area (Å²) in [5.74, 6) is -0.498. The van der Waals surface area contributed by atoms with Crippen molar-refractivity contribution in [2.24, 2.45) is 11.5 Å². The van der Waals surface area contributed by atoms with Crippen molar-refractivity contribution >= 4 is 23.2 Å². The molecule has 0 atom stereocenters. The number of rotatable bonds is 2. The zero-order chi connectivity index (χ0) is 12.4. The highest BCUT2D eigenvalue weighted by atomic mass is 35.5. The Bertz CT molecular complexity index is 428. The van der Waals surface area contributed by atoms with Gasteiger partial charge in [0.1, 0.15) is 0 Å². The molecule has 1 aromatic rings. The van der Waals surface area contributed by atoms with Crippen LogP contribution < -0.4 is 16.4 Å². The predicted octanol–water partition coefficient (Wildman–Crippen LogP) is 1.37. The van der Waals surface area contributed by atoms with Crippen molar-refractivity contribution < 1.29 is 4.79 Å². The minimum absolute atomic E-state index is 0.298. The van der Waals surface area contributed by atoms with Crippen LogP contribution in [0.3, 0.4) is 0 Å². The minimum Gasteiger partial charge on any atom is -0.371 e. The lowest BCUT2D eigenvalue weighted by atomic mass is 10.0. The number of amides is 1. The molecule has 0 unspecified atom stereocenters. The van der Waals surface area contributed by atoms with E-state index in [1.54, 1.807) is 12.1 Å². The van der Waals surface area contributed by atoms with E-state index in [0.29, 0.717) is 16.6 Å². The number of hydrogen-bond acceptors (Lipinski definition) is 3. The molecule has 1 amide bonds. The van der Waals surface area contributed by atoms with E-state index in [1.807, 2.05) is 6.07 Å². The van der Waals surface area contributed by atoms with E-state index >= 15 is 0 Å². The van der Waals surface area contributed by atoms with E-state index in [2.05, 4.69) is 4.90 Å². The van der Waals surface area contributed by atoms with Crippen molar-refractivity contribution in [3.63, 3.8) is 0 Å². The van der Waals surface area contributed by atoms with Gasteiger partial charge in [0, 0.05) is 24.8 Å². The van der Waals surface area contributed by atoms with Crippen LogP contribution in [0.1, 0.15) is 23.2 Å². The highest BCUT2D eigenvalue weighted by molar-refractivity contribution is 6.34. The van der Waals surface area contributed by atoms with Gasteiger partial charge in [-0.05, 0) is 31.0 Å². The number of hydrogen-bond donors (Lipinski definition) is 2. The van der Waals surface area contributed by atoms with Crippen LogP contribution in [0.4, 0.5) is 5.69 Å². The lowest BCUT2D eigenvalue weighted by Gasteiger charge is -2.32. The van der Waals surface area contributed by atoms with Crippen LogP contribution in [0, 0.1) is 0 Å². The Labute approximate surface area is 106 Å².